The summed E-state index contributed by atoms with van der Waals surface area (Å²) in [6.45, 7) is 0. The molecule has 0 amide bonds. The fraction of sp³-hybridized carbons (Fsp3) is 0. The maximum atomic E-state index is 6.21. The molecule has 2 heterocycles. The van der Waals surface area contributed by atoms with E-state index in [0.717, 1.165) is 44.4 Å². The third kappa shape index (κ3) is 4.70. The van der Waals surface area contributed by atoms with Crippen LogP contribution in [0.2, 0.25) is 0 Å². The number of fused-ring (bicyclic) bond motifs is 7. The minimum Gasteiger partial charge on any atom is -0.456 e. The molecule has 2 nitrogen and oxygen atoms in total. The molecule has 0 saturated heterocycles. The smallest absolute Gasteiger partial charge is 0.136 e. The van der Waals surface area contributed by atoms with E-state index in [0.29, 0.717) is 0 Å². The lowest BCUT2D eigenvalue weighted by atomic mass is 10.0. The molecule has 0 spiro atoms. The van der Waals surface area contributed by atoms with Crippen molar-refractivity contribution in [1.29, 1.82) is 0 Å². The predicted molar refractivity (Wildman–Crippen MR) is 210 cm³/mol. The van der Waals surface area contributed by atoms with Gasteiger partial charge in [-0.2, -0.15) is 0 Å². The van der Waals surface area contributed by atoms with E-state index in [1.807, 2.05) is 23.5 Å². The van der Waals surface area contributed by atoms with Crippen molar-refractivity contribution >= 4 is 81.3 Å². The van der Waals surface area contributed by atoms with Crippen molar-refractivity contribution in [1.82, 2.24) is 0 Å². The third-order valence-electron chi connectivity index (χ3n) is 9.63. The molecular weight excluding hydrogens is 615 g/mol. The van der Waals surface area contributed by atoms with Gasteiger partial charge in [0.2, 0.25) is 0 Å². The Bertz CT molecular complexity index is 2830. The highest BCUT2D eigenvalue weighted by Gasteiger charge is 2.17. The van der Waals surface area contributed by atoms with E-state index in [1.165, 1.54) is 47.8 Å². The van der Waals surface area contributed by atoms with Crippen molar-refractivity contribution in [3.05, 3.63) is 176 Å². The molecule has 0 saturated carbocycles. The van der Waals surface area contributed by atoms with Crippen molar-refractivity contribution in [2.45, 2.75) is 0 Å². The summed E-state index contributed by atoms with van der Waals surface area (Å²) in [5, 5.41) is 7.24. The Morgan fingerprint density at radius 1 is 0.388 bits per heavy atom. The van der Waals surface area contributed by atoms with Crippen LogP contribution in [-0.2, 0) is 0 Å². The molecular formula is C46H29NOS. The molecule has 0 aliphatic heterocycles. The van der Waals surface area contributed by atoms with Gasteiger partial charge in [-0.15, -0.1) is 11.3 Å². The molecule has 0 aliphatic rings. The Hall–Kier alpha value is -6.16. The van der Waals surface area contributed by atoms with Gasteiger partial charge in [0.05, 0.1) is 0 Å². The van der Waals surface area contributed by atoms with Crippen molar-refractivity contribution in [3.63, 3.8) is 0 Å². The van der Waals surface area contributed by atoms with Gasteiger partial charge in [-0.3, -0.25) is 0 Å². The van der Waals surface area contributed by atoms with Crippen LogP contribution >= 0.6 is 11.3 Å². The van der Waals surface area contributed by atoms with Crippen LogP contribution in [0.15, 0.2) is 180 Å². The van der Waals surface area contributed by atoms with Crippen LogP contribution in [0, 0.1) is 0 Å². The SMILES string of the molecule is c1ccc(-c2cccc(N(c3ccc(-c4cccc5c4sc4ccccc45)cc3)c3ccc4cc5oc6ccccc6c5cc4c3)c2)cc1. The molecule has 0 bridgehead atoms. The van der Waals surface area contributed by atoms with Gasteiger partial charge in [0.25, 0.3) is 0 Å². The lowest BCUT2D eigenvalue weighted by Gasteiger charge is -2.26. The summed E-state index contributed by atoms with van der Waals surface area (Å²) >= 11 is 1.87. The largest absolute Gasteiger partial charge is 0.456 e. The third-order valence-corrected chi connectivity index (χ3v) is 10.8. The zero-order chi connectivity index (χ0) is 32.3. The van der Waals surface area contributed by atoms with E-state index in [2.05, 4.69) is 169 Å². The highest BCUT2D eigenvalue weighted by atomic mass is 32.1. The molecule has 0 aliphatic carbocycles. The molecule has 10 aromatic rings. The number of anilines is 3. The van der Waals surface area contributed by atoms with Crippen LogP contribution in [0.3, 0.4) is 0 Å². The molecule has 8 aromatic carbocycles. The summed E-state index contributed by atoms with van der Waals surface area (Å²) in [5.41, 5.74) is 10.0. The summed E-state index contributed by atoms with van der Waals surface area (Å²) in [6, 6.07) is 63.3. The van der Waals surface area contributed by atoms with Crippen LogP contribution in [-0.4, -0.2) is 0 Å². The Labute approximate surface area is 287 Å². The number of hydrogen-bond donors (Lipinski definition) is 0. The molecule has 2 aromatic heterocycles. The second kappa shape index (κ2) is 11.2. The number of thiophene rings is 1. The summed E-state index contributed by atoms with van der Waals surface area (Å²) in [6.07, 6.45) is 0. The van der Waals surface area contributed by atoms with Crippen molar-refractivity contribution in [2.24, 2.45) is 0 Å². The van der Waals surface area contributed by atoms with Crippen molar-refractivity contribution in [2.75, 3.05) is 4.90 Å². The minimum atomic E-state index is 0.915. The van der Waals surface area contributed by atoms with Gasteiger partial charge in [-0.1, -0.05) is 115 Å². The lowest BCUT2D eigenvalue weighted by molar-refractivity contribution is 0.669. The van der Waals surface area contributed by atoms with Gasteiger partial charge in [0.1, 0.15) is 11.2 Å². The Kier molecular flexibility index (Phi) is 6.39. The number of nitrogens with zero attached hydrogens (tertiary/aromatic N) is 1. The normalized spacial score (nSPS) is 11.7. The van der Waals surface area contributed by atoms with E-state index >= 15 is 0 Å². The first kappa shape index (κ1) is 27.9. The van der Waals surface area contributed by atoms with Gasteiger partial charge < -0.3 is 9.32 Å². The van der Waals surface area contributed by atoms with Crippen LogP contribution in [0.4, 0.5) is 17.1 Å². The summed E-state index contributed by atoms with van der Waals surface area (Å²) in [7, 11) is 0. The fourth-order valence-corrected chi connectivity index (χ4v) is 8.50. The van der Waals surface area contributed by atoms with E-state index < -0.39 is 0 Å². The average molecular weight is 644 g/mol. The molecule has 230 valence electrons. The monoisotopic (exact) mass is 643 g/mol. The van der Waals surface area contributed by atoms with Crippen LogP contribution in [0.1, 0.15) is 0 Å². The first-order valence-corrected chi connectivity index (χ1v) is 17.4. The fourth-order valence-electron chi connectivity index (χ4n) is 7.26. The highest BCUT2D eigenvalue weighted by molar-refractivity contribution is 7.26. The lowest BCUT2D eigenvalue weighted by Crippen LogP contribution is -2.10. The van der Waals surface area contributed by atoms with E-state index in [1.54, 1.807) is 0 Å². The number of furan rings is 1. The van der Waals surface area contributed by atoms with Crippen LogP contribution < -0.4 is 4.90 Å². The topological polar surface area (TPSA) is 16.4 Å². The second-order valence-corrected chi connectivity index (χ2v) is 13.6. The first-order chi connectivity index (χ1) is 24.3. The average Bonchev–Trinajstić information content (AvgIpc) is 3.73. The zero-order valence-electron chi connectivity index (χ0n) is 26.5. The summed E-state index contributed by atoms with van der Waals surface area (Å²) in [4.78, 5) is 2.37. The number of benzene rings is 8. The minimum absolute atomic E-state index is 0.915. The highest BCUT2D eigenvalue weighted by Crippen LogP contribution is 2.43. The predicted octanol–water partition coefficient (Wildman–Crippen LogP) is 13.9. The van der Waals surface area contributed by atoms with Gasteiger partial charge >= 0.3 is 0 Å². The van der Waals surface area contributed by atoms with Crippen LogP contribution in [0.25, 0.3) is 75.1 Å². The summed E-state index contributed by atoms with van der Waals surface area (Å²) in [5.74, 6) is 0. The molecule has 0 radical (unpaired) electrons. The molecule has 49 heavy (non-hydrogen) atoms. The molecule has 0 fully saturated rings. The Morgan fingerprint density at radius 3 is 2.00 bits per heavy atom. The maximum Gasteiger partial charge on any atom is 0.136 e. The second-order valence-electron chi connectivity index (χ2n) is 12.6. The van der Waals surface area contributed by atoms with Gasteiger partial charge in [-0.05, 0) is 93.7 Å². The Morgan fingerprint density at radius 2 is 1.10 bits per heavy atom. The number of rotatable bonds is 5. The quantitative estimate of drug-likeness (QED) is 0.186. The molecule has 0 atom stereocenters. The number of para-hydroxylation sites is 1. The van der Waals surface area contributed by atoms with Crippen LogP contribution in [0.5, 0.6) is 0 Å². The van der Waals surface area contributed by atoms with Crippen molar-refractivity contribution < 1.29 is 4.42 Å². The summed E-state index contributed by atoms with van der Waals surface area (Å²) < 4.78 is 8.87. The molecule has 3 heteroatoms. The standard InChI is InChI=1S/C46H29NOS/c1-2-10-30(11-3-1)32-12-8-13-36(26-32)47(37-25-22-33-29-44-42(28-34(33)27-37)39-14-4-6-18-43(39)48-44)35-23-20-31(21-24-35)38-16-9-17-41-40-15-5-7-19-45(40)49-46(38)41/h1-29H. The first-order valence-electron chi connectivity index (χ1n) is 16.6. The molecule has 10 rings (SSSR count). The van der Waals surface area contributed by atoms with Gasteiger partial charge in [0.15, 0.2) is 0 Å². The van der Waals surface area contributed by atoms with Crippen molar-refractivity contribution in [3.8, 4) is 22.3 Å². The maximum absolute atomic E-state index is 6.21. The molecule has 0 unspecified atom stereocenters. The van der Waals surface area contributed by atoms with Gasteiger partial charge in [0, 0.05) is 48.0 Å². The number of hydrogen-bond acceptors (Lipinski definition) is 3. The Balaban J connectivity index is 1.13. The van der Waals surface area contributed by atoms with E-state index in [-0.39, 0.29) is 0 Å². The van der Waals surface area contributed by atoms with E-state index in [4.69, 9.17) is 4.42 Å². The van der Waals surface area contributed by atoms with E-state index in [9.17, 15) is 0 Å². The molecule has 0 N–H and O–H groups in total. The van der Waals surface area contributed by atoms with Gasteiger partial charge in [-0.25, -0.2) is 0 Å². The zero-order valence-corrected chi connectivity index (χ0v) is 27.3.